The van der Waals surface area contributed by atoms with E-state index in [0.29, 0.717) is 39.6 Å². The Morgan fingerprint density at radius 1 is 1.04 bits per heavy atom. The summed E-state index contributed by atoms with van der Waals surface area (Å²) in [4.78, 5) is 23.5. The van der Waals surface area contributed by atoms with Crippen LogP contribution in [0.1, 0.15) is 41.5 Å². The summed E-state index contributed by atoms with van der Waals surface area (Å²) in [6.45, 7) is 6.22. The van der Waals surface area contributed by atoms with Crippen molar-refractivity contribution in [2.24, 2.45) is 5.92 Å². The van der Waals surface area contributed by atoms with E-state index in [-0.39, 0.29) is 5.78 Å². The molecule has 0 fully saturated rings. The van der Waals surface area contributed by atoms with Gasteiger partial charge in [-0.25, -0.2) is 4.79 Å². The van der Waals surface area contributed by atoms with Crippen LogP contribution in [0.4, 0.5) is 0 Å². The molecular formula is C19H19BrO4. The summed E-state index contributed by atoms with van der Waals surface area (Å²) in [6.07, 6.45) is 0. The van der Waals surface area contributed by atoms with E-state index < -0.39 is 5.97 Å². The quantitative estimate of drug-likeness (QED) is 0.399. The van der Waals surface area contributed by atoms with Crippen molar-refractivity contribution in [2.45, 2.75) is 20.8 Å². The molecule has 0 unspecified atom stereocenters. The molecule has 0 amide bonds. The summed E-state index contributed by atoms with van der Waals surface area (Å²) in [5.41, 5.74) is 0.985. The lowest BCUT2D eigenvalue weighted by Crippen LogP contribution is -2.09. The second-order valence-electron chi connectivity index (χ2n) is 5.82. The first-order chi connectivity index (χ1) is 11.4. The molecule has 0 aliphatic carbocycles. The molecule has 2 rings (SSSR count). The number of halogens is 1. The maximum Gasteiger partial charge on any atom is 0.343 e. The molecule has 0 aliphatic heterocycles. The lowest BCUT2D eigenvalue weighted by Gasteiger charge is -2.11. The van der Waals surface area contributed by atoms with Gasteiger partial charge in [0.25, 0.3) is 0 Å². The molecule has 24 heavy (non-hydrogen) atoms. The lowest BCUT2D eigenvalue weighted by atomic mass is 10.1. The van der Waals surface area contributed by atoms with Crippen molar-refractivity contribution in [3.05, 3.63) is 58.1 Å². The number of benzene rings is 2. The van der Waals surface area contributed by atoms with E-state index in [4.69, 9.17) is 9.47 Å². The second-order valence-corrected chi connectivity index (χ2v) is 6.67. The van der Waals surface area contributed by atoms with E-state index in [9.17, 15) is 9.59 Å². The van der Waals surface area contributed by atoms with Crippen LogP contribution in [0.25, 0.3) is 0 Å². The van der Waals surface area contributed by atoms with Crippen LogP contribution in [0, 0.1) is 5.92 Å². The summed E-state index contributed by atoms with van der Waals surface area (Å²) >= 11 is 3.41. The number of ether oxygens (including phenoxy) is 2. The van der Waals surface area contributed by atoms with Crippen molar-refractivity contribution < 1.29 is 19.1 Å². The van der Waals surface area contributed by atoms with Gasteiger partial charge in [0, 0.05) is 5.56 Å². The fourth-order valence-electron chi connectivity index (χ4n) is 1.92. The normalized spacial score (nSPS) is 10.5. The number of carbonyl (C=O) groups excluding carboxylic acids is 2. The van der Waals surface area contributed by atoms with Crippen molar-refractivity contribution in [2.75, 3.05) is 6.61 Å². The molecule has 126 valence electrons. The van der Waals surface area contributed by atoms with Gasteiger partial charge in [0.2, 0.25) is 0 Å². The minimum Gasteiger partial charge on any atom is -0.492 e. The maximum atomic E-state index is 12.2. The van der Waals surface area contributed by atoms with Crippen LogP contribution in [0.3, 0.4) is 0 Å². The summed E-state index contributed by atoms with van der Waals surface area (Å²) in [7, 11) is 0. The zero-order valence-corrected chi connectivity index (χ0v) is 15.4. The van der Waals surface area contributed by atoms with Gasteiger partial charge in [-0.05, 0) is 71.2 Å². The number of carbonyl (C=O) groups is 2. The molecule has 2 aromatic carbocycles. The van der Waals surface area contributed by atoms with E-state index >= 15 is 0 Å². The Balaban J connectivity index is 2.06. The minimum atomic E-state index is -0.471. The number of ketones is 1. The number of rotatable bonds is 6. The molecule has 0 radical (unpaired) electrons. The lowest BCUT2D eigenvalue weighted by molar-refractivity contribution is 0.0734. The smallest absolute Gasteiger partial charge is 0.343 e. The first-order valence-electron chi connectivity index (χ1n) is 7.62. The third-order valence-electron chi connectivity index (χ3n) is 3.21. The third-order valence-corrected chi connectivity index (χ3v) is 3.83. The number of hydrogen-bond acceptors (Lipinski definition) is 4. The van der Waals surface area contributed by atoms with Crippen LogP contribution in [0.5, 0.6) is 11.5 Å². The van der Waals surface area contributed by atoms with Gasteiger partial charge in [-0.3, -0.25) is 4.79 Å². The van der Waals surface area contributed by atoms with Crippen molar-refractivity contribution in [3.63, 3.8) is 0 Å². The molecule has 0 heterocycles. The molecule has 0 N–H and O–H groups in total. The molecule has 0 spiro atoms. The zero-order valence-electron chi connectivity index (χ0n) is 13.8. The molecule has 5 heteroatoms. The number of hydrogen-bond donors (Lipinski definition) is 0. The zero-order chi connectivity index (χ0) is 17.7. The standard InChI is InChI=1S/C19H19BrO4/c1-12(2)11-23-18-9-6-15(10-17(18)20)19(22)24-16-7-4-14(5-8-16)13(3)21/h4-10,12H,11H2,1-3H3. The molecule has 2 aromatic rings. The molecule has 0 saturated carbocycles. The van der Waals surface area contributed by atoms with Gasteiger partial charge in [0.1, 0.15) is 11.5 Å². The predicted molar refractivity (Wildman–Crippen MR) is 95.9 cm³/mol. The molecule has 0 bridgehead atoms. The summed E-state index contributed by atoms with van der Waals surface area (Å²) < 4.78 is 11.7. The molecule has 0 aliphatic rings. The number of Topliss-reactive ketones (excluding diaryl/α,β-unsaturated/α-hetero) is 1. The SMILES string of the molecule is CC(=O)c1ccc(OC(=O)c2ccc(OCC(C)C)c(Br)c2)cc1. The second kappa shape index (κ2) is 8.11. The van der Waals surface area contributed by atoms with Gasteiger partial charge in [0.05, 0.1) is 16.6 Å². The molecule has 4 nitrogen and oxygen atoms in total. The molecule has 0 saturated heterocycles. The van der Waals surface area contributed by atoms with Crippen LogP contribution in [-0.2, 0) is 0 Å². The average molecular weight is 391 g/mol. The van der Waals surface area contributed by atoms with E-state index in [2.05, 4.69) is 29.8 Å². The molecule has 0 aromatic heterocycles. The molecular weight excluding hydrogens is 372 g/mol. The average Bonchev–Trinajstić information content (AvgIpc) is 2.54. The molecule has 0 atom stereocenters. The Kier molecular flexibility index (Phi) is 6.15. The monoisotopic (exact) mass is 390 g/mol. The van der Waals surface area contributed by atoms with Crippen LogP contribution >= 0.6 is 15.9 Å². The van der Waals surface area contributed by atoms with Gasteiger partial charge < -0.3 is 9.47 Å². The van der Waals surface area contributed by atoms with Crippen LogP contribution < -0.4 is 9.47 Å². The Hall–Kier alpha value is -2.14. The Labute approximate surface area is 149 Å². The Morgan fingerprint density at radius 2 is 1.67 bits per heavy atom. The van der Waals surface area contributed by atoms with Crippen LogP contribution in [0.15, 0.2) is 46.9 Å². The van der Waals surface area contributed by atoms with E-state index in [1.54, 1.807) is 42.5 Å². The minimum absolute atomic E-state index is 0.0335. The van der Waals surface area contributed by atoms with Gasteiger partial charge >= 0.3 is 5.97 Å². The highest BCUT2D eigenvalue weighted by molar-refractivity contribution is 9.10. The highest BCUT2D eigenvalue weighted by atomic mass is 79.9. The van der Waals surface area contributed by atoms with Gasteiger partial charge in [-0.15, -0.1) is 0 Å². The summed E-state index contributed by atoms with van der Waals surface area (Å²) in [5.74, 6) is 0.988. The summed E-state index contributed by atoms with van der Waals surface area (Å²) in [6, 6.07) is 11.5. The third kappa shape index (κ3) is 4.93. The van der Waals surface area contributed by atoms with Crippen molar-refractivity contribution >= 4 is 27.7 Å². The topological polar surface area (TPSA) is 52.6 Å². The van der Waals surface area contributed by atoms with Crippen molar-refractivity contribution in [1.82, 2.24) is 0 Å². The first kappa shape index (κ1) is 18.2. The Bertz CT molecular complexity index is 736. The van der Waals surface area contributed by atoms with Gasteiger partial charge in [-0.2, -0.15) is 0 Å². The van der Waals surface area contributed by atoms with Gasteiger partial charge in [0.15, 0.2) is 5.78 Å². The van der Waals surface area contributed by atoms with E-state index in [1.807, 2.05) is 0 Å². The van der Waals surface area contributed by atoms with Gasteiger partial charge in [-0.1, -0.05) is 13.8 Å². The van der Waals surface area contributed by atoms with Crippen LogP contribution in [-0.4, -0.2) is 18.4 Å². The summed E-state index contributed by atoms with van der Waals surface area (Å²) in [5, 5.41) is 0. The fourth-order valence-corrected chi connectivity index (χ4v) is 2.42. The number of esters is 1. The van der Waals surface area contributed by atoms with Crippen molar-refractivity contribution in [3.8, 4) is 11.5 Å². The van der Waals surface area contributed by atoms with E-state index in [0.717, 1.165) is 0 Å². The first-order valence-corrected chi connectivity index (χ1v) is 8.41. The van der Waals surface area contributed by atoms with Crippen molar-refractivity contribution in [1.29, 1.82) is 0 Å². The maximum absolute atomic E-state index is 12.2. The largest absolute Gasteiger partial charge is 0.492 e. The predicted octanol–water partition coefficient (Wildman–Crippen LogP) is 4.91. The van der Waals surface area contributed by atoms with Crippen LogP contribution in [0.2, 0.25) is 0 Å². The highest BCUT2D eigenvalue weighted by Crippen LogP contribution is 2.27. The fraction of sp³-hybridized carbons (Fsp3) is 0.263. The highest BCUT2D eigenvalue weighted by Gasteiger charge is 2.12. The van der Waals surface area contributed by atoms with E-state index in [1.165, 1.54) is 6.92 Å². The Morgan fingerprint density at radius 3 is 2.21 bits per heavy atom.